The minimum Gasteiger partial charge on any atom is -0.394 e. The van der Waals surface area contributed by atoms with E-state index in [0.29, 0.717) is 11.4 Å². The van der Waals surface area contributed by atoms with Crippen LogP contribution in [-0.4, -0.2) is 51.1 Å². The Hall–Kier alpha value is -1.54. The first-order chi connectivity index (χ1) is 9.02. The molecule has 1 aromatic rings. The molecule has 1 saturated heterocycles. The van der Waals surface area contributed by atoms with Crippen LogP contribution in [-0.2, 0) is 16.0 Å². The van der Waals surface area contributed by atoms with E-state index < -0.39 is 36.9 Å². The van der Waals surface area contributed by atoms with Gasteiger partial charge in [-0.05, 0) is 12.1 Å². The molecule has 0 spiro atoms. The SMILES string of the molecule is NC(=O)Cc1cccc([C@@H]2O[C@H](CO)[C@@H](O)[C@H]2O)n1. The third kappa shape index (κ3) is 2.90. The Balaban J connectivity index is 2.20. The van der Waals surface area contributed by atoms with Gasteiger partial charge in [0, 0.05) is 0 Å². The van der Waals surface area contributed by atoms with Crippen LogP contribution in [0.25, 0.3) is 0 Å². The molecule has 4 atom stereocenters. The van der Waals surface area contributed by atoms with E-state index in [9.17, 15) is 15.0 Å². The summed E-state index contributed by atoms with van der Waals surface area (Å²) in [7, 11) is 0. The van der Waals surface area contributed by atoms with Crippen molar-refractivity contribution in [3.8, 4) is 0 Å². The lowest BCUT2D eigenvalue weighted by atomic mass is 10.1. The minimum absolute atomic E-state index is 0.0113. The first-order valence-corrected chi connectivity index (χ1v) is 5.89. The zero-order chi connectivity index (χ0) is 14.0. The van der Waals surface area contributed by atoms with E-state index in [-0.39, 0.29) is 6.42 Å². The third-order valence-corrected chi connectivity index (χ3v) is 3.02. The number of primary amides is 1. The normalized spacial score (nSPS) is 30.5. The molecule has 1 aliphatic heterocycles. The molecule has 0 unspecified atom stereocenters. The topological polar surface area (TPSA) is 126 Å². The molecule has 0 bridgehead atoms. The Bertz CT molecular complexity index is 467. The first-order valence-electron chi connectivity index (χ1n) is 5.89. The fraction of sp³-hybridized carbons (Fsp3) is 0.500. The molecular weight excluding hydrogens is 252 g/mol. The van der Waals surface area contributed by atoms with Crippen LogP contribution < -0.4 is 5.73 Å². The monoisotopic (exact) mass is 268 g/mol. The molecule has 104 valence electrons. The van der Waals surface area contributed by atoms with Crippen LogP contribution in [0, 0.1) is 0 Å². The average Bonchev–Trinajstić information content (AvgIpc) is 2.65. The van der Waals surface area contributed by atoms with Crippen molar-refractivity contribution in [1.29, 1.82) is 0 Å². The molecule has 5 N–H and O–H groups in total. The minimum atomic E-state index is -1.17. The molecule has 0 radical (unpaired) electrons. The van der Waals surface area contributed by atoms with Gasteiger partial charge >= 0.3 is 0 Å². The number of nitrogens with two attached hydrogens (primary N) is 1. The van der Waals surface area contributed by atoms with Gasteiger partial charge in [0.15, 0.2) is 0 Å². The number of nitrogens with zero attached hydrogens (tertiary/aromatic N) is 1. The van der Waals surface area contributed by atoms with Crippen molar-refractivity contribution >= 4 is 5.91 Å². The summed E-state index contributed by atoms with van der Waals surface area (Å²) < 4.78 is 5.35. The molecule has 1 aromatic heterocycles. The van der Waals surface area contributed by atoms with E-state index in [1.165, 1.54) is 0 Å². The number of amides is 1. The Morgan fingerprint density at radius 3 is 2.68 bits per heavy atom. The van der Waals surface area contributed by atoms with Crippen LogP contribution in [0.4, 0.5) is 0 Å². The van der Waals surface area contributed by atoms with Crippen molar-refractivity contribution in [3.05, 3.63) is 29.6 Å². The molecule has 19 heavy (non-hydrogen) atoms. The second-order valence-corrected chi connectivity index (χ2v) is 4.46. The molecule has 7 nitrogen and oxygen atoms in total. The molecule has 1 aliphatic rings. The number of pyridine rings is 1. The number of carbonyl (C=O) groups excluding carboxylic acids is 1. The lowest BCUT2D eigenvalue weighted by Crippen LogP contribution is -2.32. The van der Waals surface area contributed by atoms with Crippen molar-refractivity contribution in [2.75, 3.05) is 6.61 Å². The third-order valence-electron chi connectivity index (χ3n) is 3.02. The highest BCUT2D eigenvalue weighted by Crippen LogP contribution is 2.32. The highest BCUT2D eigenvalue weighted by molar-refractivity contribution is 5.76. The average molecular weight is 268 g/mol. The predicted octanol–water partition coefficient (Wildman–Crippen LogP) is -1.74. The van der Waals surface area contributed by atoms with E-state index in [4.69, 9.17) is 15.6 Å². The summed E-state index contributed by atoms with van der Waals surface area (Å²) in [6.45, 7) is -0.393. The second-order valence-electron chi connectivity index (χ2n) is 4.46. The van der Waals surface area contributed by atoms with Crippen LogP contribution in [0.2, 0.25) is 0 Å². The molecule has 1 amide bonds. The van der Waals surface area contributed by atoms with Crippen LogP contribution in [0.3, 0.4) is 0 Å². The smallest absolute Gasteiger partial charge is 0.223 e. The van der Waals surface area contributed by atoms with E-state index in [0.717, 1.165) is 0 Å². The zero-order valence-corrected chi connectivity index (χ0v) is 10.1. The Morgan fingerprint density at radius 2 is 2.11 bits per heavy atom. The highest BCUT2D eigenvalue weighted by Gasteiger charge is 2.43. The lowest BCUT2D eigenvalue weighted by Gasteiger charge is -2.14. The van der Waals surface area contributed by atoms with Gasteiger partial charge in [-0.1, -0.05) is 6.07 Å². The number of ether oxygens (including phenoxy) is 1. The summed E-state index contributed by atoms with van der Waals surface area (Å²) in [5.41, 5.74) is 5.94. The molecule has 0 aliphatic carbocycles. The number of aliphatic hydroxyl groups is 3. The fourth-order valence-corrected chi connectivity index (χ4v) is 2.08. The lowest BCUT2D eigenvalue weighted by molar-refractivity contribution is -0.117. The van der Waals surface area contributed by atoms with Gasteiger partial charge in [0.25, 0.3) is 0 Å². The van der Waals surface area contributed by atoms with Gasteiger partial charge < -0.3 is 25.8 Å². The number of hydrogen-bond donors (Lipinski definition) is 4. The van der Waals surface area contributed by atoms with Crippen molar-refractivity contribution in [2.45, 2.75) is 30.8 Å². The van der Waals surface area contributed by atoms with Gasteiger partial charge in [-0.3, -0.25) is 9.78 Å². The summed E-state index contributed by atoms with van der Waals surface area (Å²) in [6.07, 6.45) is -4.03. The maximum absolute atomic E-state index is 10.8. The van der Waals surface area contributed by atoms with E-state index in [1.54, 1.807) is 18.2 Å². The van der Waals surface area contributed by atoms with E-state index in [1.807, 2.05) is 0 Å². The number of rotatable bonds is 4. The maximum atomic E-state index is 10.8. The molecule has 2 heterocycles. The fourth-order valence-electron chi connectivity index (χ4n) is 2.08. The highest BCUT2D eigenvalue weighted by atomic mass is 16.6. The largest absolute Gasteiger partial charge is 0.394 e. The van der Waals surface area contributed by atoms with Crippen molar-refractivity contribution < 1.29 is 24.9 Å². The molecule has 0 saturated carbocycles. The summed E-state index contributed by atoms with van der Waals surface area (Å²) >= 11 is 0. The van der Waals surface area contributed by atoms with Gasteiger partial charge in [0.1, 0.15) is 24.4 Å². The van der Waals surface area contributed by atoms with Crippen LogP contribution >= 0.6 is 0 Å². The Morgan fingerprint density at radius 1 is 1.37 bits per heavy atom. The number of aromatic nitrogens is 1. The standard InChI is InChI=1S/C12H16N2O5/c13-9(16)4-6-2-1-3-7(14-6)12-11(18)10(17)8(5-15)19-12/h1-3,8,10-12,15,17-18H,4-5H2,(H2,13,16)/t8-,10-,11-,12+/m1/s1. The number of carbonyl (C=O) groups is 1. The van der Waals surface area contributed by atoms with Crippen LogP contribution in [0.5, 0.6) is 0 Å². The Labute approximate surface area is 109 Å². The van der Waals surface area contributed by atoms with Crippen molar-refractivity contribution in [3.63, 3.8) is 0 Å². The number of aliphatic hydroxyl groups excluding tert-OH is 3. The zero-order valence-electron chi connectivity index (χ0n) is 10.1. The molecule has 1 fully saturated rings. The van der Waals surface area contributed by atoms with Gasteiger partial charge in [-0.25, -0.2) is 0 Å². The molecule has 7 heteroatoms. The van der Waals surface area contributed by atoms with E-state index in [2.05, 4.69) is 4.98 Å². The number of hydrogen-bond acceptors (Lipinski definition) is 6. The van der Waals surface area contributed by atoms with Gasteiger partial charge in [-0.2, -0.15) is 0 Å². The molecule has 0 aromatic carbocycles. The first kappa shape index (κ1) is 13.9. The van der Waals surface area contributed by atoms with Crippen LogP contribution in [0.1, 0.15) is 17.5 Å². The summed E-state index contributed by atoms with van der Waals surface area (Å²) in [5, 5.41) is 28.5. The van der Waals surface area contributed by atoms with E-state index >= 15 is 0 Å². The van der Waals surface area contributed by atoms with Crippen molar-refractivity contribution in [2.24, 2.45) is 5.73 Å². The predicted molar refractivity (Wildman–Crippen MR) is 63.8 cm³/mol. The van der Waals surface area contributed by atoms with Crippen LogP contribution in [0.15, 0.2) is 18.2 Å². The molecule has 2 rings (SSSR count). The Kier molecular flexibility index (Phi) is 4.11. The molecular formula is C12H16N2O5. The quantitative estimate of drug-likeness (QED) is 0.514. The van der Waals surface area contributed by atoms with Gasteiger partial charge in [-0.15, -0.1) is 0 Å². The summed E-state index contributed by atoms with van der Waals surface area (Å²) in [5.74, 6) is -0.509. The summed E-state index contributed by atoms with van der Waals surface area (Å²) in [6, 6.07) is 4.91. The summed E-state index contributed by atoms with van der Waals surface area (Å²) in [4.78, 5) is 15.0. The maximum Gasteiger partial charge on any atom is 0.223 e. The van der Waals surface area contributed by atoms with Gasteiger partial charge in [0.05, 0.1) is 24.4 Å². The van der Waals surface area contributed by atoms with Gasteiger partial charge in [0.2, 0.25) is 5.91 Å². The second kappa shape index (κ2) is 5.62. The van der Waals surface area contributed by atoms with Crippen molar-refractivity contribution in [1.82, 2.24) is 4.98 Å².